The Morgan fingerprint density at radius 3 is 2.68 bits per heavy atom. The second kappa shape index (κ2) is 6.38. The van der Waals surface area contributed by atoms with E-state index >= 15 is 0 Å². The van der Waals surface area contributed by atoms with Gasteiger partial charge in [-0.05, 0) is 50.3 Å². The van der Waals surface area contributed by atoms with E-state index in [1.807, 2.05) is 0 Å². The van der Waals surface area contributed by atoms with E-state index in [1.54, 1.807) is 0 Å². The molecule has 3 heteroatoms. The van der Waals surface area contributed by atoms with Gasteiger partial charge in [0.05, 0.1) is 0 Å². The summed E-state index contributed by atoms with van der Waals surface area (Å²) in [5.74, 6) is 0. The number of aryl methyl sites for hydroxylation is 1. The van der Waals surface area contributed by atoms with E-state index in [4.69, 9.17) is 0 Å². The van der Waals surface area contributed by atoms with Gasteiger partial charge in [-0.25, -0.2) is 0 Å². The molecule has 1 atom stereocenters. The summed E-state index contributed by atoms with van der Waals surface area (Å²) in [4.78, 5) is 2.65. The van der Waals surface area contributed by atoms with E-state index in [9.17, 15) is 0 Å². The maximum absolute atomic E-state index is 3.55. The Hall–Kier alpha value is -0.380. The van der Waals surface area contributed by atoms with Crippen LogP contribution in [0.1, 0.15) is 30.4 Å². The van der Waals surface area contributed by atoms with Crippen molar-refractivity contribution in [3.05, 3.63) is 35.4 Å². The first-order chi connectivity index (χ1) is 8.76. The van der Waals surface area contributed by atoms with E-state index in [0.717, 1.165) is 6.54 Å². The minimum Gasteiger partial charge on any atom is -0.316 e. The second-order valence-corrected chi connectivity index (χ2v) is 6.23. The van der Waals surface area contributed by atoms with Gasteiger partial charge in [-0.2, -0.15) is 0 Å². The van der Waals surface area contributed by atoms with Crippen molar-refractivity contribution in [3.8, 4) is 0 Å². The summed E-state index contributed by atoms with van der Waals surface area (Å²) in [6.07, 6.45) is 4.16. The van der Waals surface area contributed by atoms with Crippen molar-refractivity contribution in [1.29, 1.82) is 0 Å². The summed E-state index contributed by atoms with van der Waals surface area (Å²) in [5.41, 5.74) is 3.40. The van der Waals surface area contributed by atoms with Gasteiger partial charge in [-0.15, -0.1) is 17.0 Å². The van der Waals surface area contributed by atoms with Crippen LogP contribution in [-0.2, 0) is 6.54 Å². The van der Waals surface area contributed by atoms with Gasteiger partial charge >= 0.3 is 0 Å². The van der Waals surface area contributed by atoms with Gasteiger partial charge in [0, 0.05) is 19.6 Å². The molecule has 3 rings (SSSR count). The zero-order valence-electron chi connectivity index (χ0n) is 11.8. The fourth-order valence-corrected chi connectivity index (χ4v) is 3.54. The van der Waals surface area contributed by atoms with Crippen molar-refractivity contribution in [1.82, 2.24) is 10.2 Å². The van der Waals surface area contributed by atoms with Crippen LogP contribution < -0.4 is 5.32 Å². The maximum atomic E-state index is 3.55. The minimum atomic E-state index is 0. The Labute approximate surface area is 127 Å². The summed E-state index contributed by atoms with van der Waals surface area (Å²) < 4.78 is 0. The summed E-state index contributed by atoms with van der Waals surface area (Å²) in [5, 5.41) is 3.55. The molecule has 19 heavy (non-hydrogen) atoms. The van der Waals surface area contributed by atoms with Crippen molar-refractivity contribution in [2.75, 3.05) is 26.2 Å². The molecule has 2 aliphatic heterocycles. The Balaban J connectivity index is 0.00000133. The number of halogens is 1. The quantitative estimate of drug-likeness (QED) is 0.899. The smallest absolute Gasteiger partial charge is 0.0233 e. The predicted molar refractivity (Wildman–Crippen MR) is 85.9 cm³/mol. The maximum Gasteiger partial charge on any atom is 0.0233 e. The Morgan fingerprint density at radius 2 is 2.00 bits per heavy atom. The number of rotatable bonds is 2. The molecule has 2 aliphatic rings. The molecule has 0 aromatic heterocycles. The molecule has 2 saturated heterocycles. The van der Waals surface area contributed by atoms with Gasteiger partial charge in [0.2, 0.25) is 0 Å². The van der Waals surface area contributed by atoms with Crippen LogP contribution in [0.2, 0.25) is 0 Å². The molecule has 0 saturated carbocycles. The van der Waals surface area contributed by atoms with Gasteiger partial charge in [0.25, 0.3) is 0 Å². The van der Waals surface area contributed by atoms with Crippen molar-refractivity contribution in [2.24, 2.45) is 5.41 Å². The number of hydrogen-bond donors (Lipinski definition) is 1. The molecule has 1 unspecified atom stereocenters. The van der Waals surface area contributed by atoms with Crippen LogP contribution in [0.15, 0.2) is 24.3 Å². The summed E-state index contributed by atoms with van der Waals surface area (Å²) in [6, 6.07) is 9.02. The highest BCUT2D eigenvalue weighted by Gasteiger charge is 2.37. The largest absolute Gasteiger partial charge is 0.316 e. The lowest BCUT2D eigenvalue weighted by atomic mass is 9.79. The third-order valence-electron chi connectivity index (χ3n) is 4.60. The highest BCUT2D eigenvalue weighted by Crippen LogP contribution is 2.35. The summed E-state index contributed by atoms with van der Waals surface area (Å²) >= 11 is 0. The Morgan fingerprint density at radius 1 is 1.21 bits per heavy atom. The van der Waals surface area contributed by atoms with Crippen LogP contribution in [0.3, 0.4) is 0 Å². The normalized spacial score (nSPS) is 27.4. The Bertz CT molecular complexity index is 396. The van der Waals surface area contributed by atoms with Crippen LogP contribution in [0.5, 0.6) is 0 Å². The molecule has 2 nitrogen and oxygen atoms in total. The first kappa shape index (κ1) is 15.0. The third kappa shape index (κ3) is 3.59. The molecule has 1 spiro atoms. The molecular formula is C16H25BrN2. The van der Waals surface area contributed by atoms with E-state index in [0.29, 0.717) is 5.41 Å². The second-order valence-electron chi connectivity index (χ2n) is 6.23. The first-order valence-electron chi connectivity index (χ1n) is 7.24. The highest BCUT2D eigenvalue weighted by atomic mass is 79.9. The minimum absolute atomic E-state index is 0. The van der Waals surface area contributed by atoms with E-state index < -0.39 is 0 Å². The molecule has 0 amide bonds. The number of benzene rings is 1. The van der Waals surface area contributed by atoms with Crippen molar-refractivity contribution >= 4 is 17.0 Å². The molecule has 1 aromatic carbocycles. The summed E-state index contributed by atoms with van der Waals surface area (Å²) in [6.45, 7) is 8.30. The number of nitrogens with one attached hydrogen (secondary N) is 1. The monoisotopic (exact) mass is 324 g/mol. The SMILES string of the molecule is Br.Cc1ccc(CN2CCCC3(CCNC3)C2)cc1. The van der Waals surface area contributed by atoms with Gasteiger partial charge in [0.15, 0.2) is 0 Å². The number of likely N-dealkylation sites (tertiary alicyclic amines) is 1. The fourth-order valence-electron chi connectivity index (χ4n) is 3.54. The topological polar surface area (TPSA) is 15.3 Å². The van der Waals surface area contributed by atoms with Gasteiger partial charge in [0.1, 0.15) is 0 Å². The lowest BCUT2D eigenvalue weighted by Gasteiger charge is -2.40. The van der Waals surface area contributed by atoms with Crippen LogP contribution in [0.25, 0.3) is 0 Å². The van der Waals surface area contributed by atoms with Gasteiger partial charge < -0.3 is 5.32 Å². The number of nitrogens with zero attached hydrogens (tertiary/aromatic N) is 1. The highest BCUT2D eigenvalue weighted by molar-refractivity contribution is 8.93. The lowest BCUT2D eigenvalue weighted by Crippen LogP contribution is -2.43. The average Bonchev–Trinajstić information content (AvgIpc) is 2.80. The molecular weight excluding hydrogens is 300 g/mol. The van der Waals surface area contributed by atoms with E-state index in [1.165, 1.54) is 56.6 Å². The molecule has 0 bridgehead atoms. The number of hydrogen-bond acceptors (Lipinski definition) is 2. The molecule has 0 radical (unpaired) electrons. The van der Waals surface area contributed by atoms with Crippen LogP contribution in [-0.4, -0.2) is 31.1 Å². The predicted octanol–water partition coefficient (Wildman–Crippen LogP) is 3.15. The molecule has 106 valence electrons. The molecule has 1 N–H and O–H groups in total. The Kier molecular flexibility index (Phi) is 5.04. The molecule has 1 aromatic rings. The molecule has 0 aliphatic carbocycles. The van der Waals surface area contributed by atoms with Crippen molar-refractivity contribution in [2.45, 2.75) is 32.7 Å². The number of piperidine rings is 1. The zero-order chi connectivity index (χ0) is 12.4. The van der Waals surface area contributed by atoms with E-state index in [2.05, 4.69) is 41.4 Å². The lowest BCUT2D eigenvalue weighted by molar-refractivity contribution is 0.0978. The van der Waals surface area contributed by atoms with Gasteiger partial charge in [-0.1, -0.05) is 29.8 Å². The summed E-state index contributed by atoms with van der Waals surface area (Å²) in [7, 11) is 0. The molecule has 2 heterocycles. The van der Waals surface area contributed by atoms with Crippen molar-refractivity contribution in [3.63, 3.8) is 0 Å². The third-order valence-corrected chi connectivity index (χ3v) is 4.60. The fraction of sp³-hybridized carbons (Fsp3) is 0.625. The van der Waals surface area contributed by atoms with Crippen LogP contribution in [0.4, 0.5) is 0 Å². The first-order valence-corrected chi connectivity index (χ1v) is 7.24. The zero-order valence-corrected chi connectivity index (χ0v) is 13.5. The average molecular weight is 325 g/mol. The van der Waals surface area contributed by atoms with Crippen LogP contribution >= 0.6 is 17.0 Å². The van der Waals surface area contributed by atoms with Crippen LogP contribution in [0, 0.1) is 12.3 Å². The van der Waals surface area contributed by atoms with Gasteiger partial charge in [-0.3, -0.25) is 4.90 Å². The molecule has 2 fully saturated rings. The standard InChI is InChI=1S/C16H24N2.BrH/c1-14-3-5-15(6-4-14)11-18-10-2-7-16(13-18)8-9-17-12-16;/h3-6,17H,2,7-13H2,1H3;1H. The van der Waals surface area contributed by atoms with Crippen molar-refractivity contribution < 1.29 is 0 Å². The van der Waals surface area contributed by atoms with E-state index in [-0.39, 0.29) is 17.0 Å².